The summed E-state index contributed by atoms with van der Waals surface area (Å²) in [6, 6.07) is 13.2. The molecule has 3 aromatic rings. The normalized spacial score (nSPS) is 11.1. The van der Waals surface area contributed by atoms with Crippen LogP contribution in [0.2, 0.25) is 5.02 Å². The van der Waals surface area contributed by atoms with Gasteiger partial charge in [0.1, 0.15) is 0 Å². The van der Waals surface area contributed by atoms with Gasteiger partial charge in [-0.2, -0.15) is 0 Å². The van der Waals surface area contributed by atoms with E-state index in [9.17, 15) is 9.90 Å². The van der Waals surface area contributed by atoms with E-state index < -0.39 is 5.97 Å². The second-order valence-corrected chi connectivity index (χ2v) is 6.25. The van der Waals surface area contributed by atoms with Crippen LogP contribution in [0, 0.1) is 0 Å². The highest BCUT2D eigenvalue weighted by Gasteiger charge is 2.17. The summed E-state index contributed by atoms with van der Waals surface area (Å²) in [7, 11) is 0. The Kier molecular flexibility index (Phi) is 4.63. The highest BCUT2D eigenvalue weighted by molar-refractivity contribution is 6.31. The first-order chi connectivity index (χ1) is 11.6. The minimum atomic E-state index is -0.904. The molecule has 0 aliphatic rings. The Morgan fingerprint density at radius 2 is 1.88 bits per heavy atom. The maximum absolute atomic E-state index is 11.4. The maximum atomic E-state index is 11.4. The summed E-state index contributed by atoms with van der Waals surface area (Å²) >= 11 is 6.34. The molecular formula is C20H20ClNO2. The zero-order valence-electron chi connectivity index (χ0n) is 13.8. The third-order valence-corrected chi connectivity index (χ3v) is 4.88. The average Bonchev–Trinajstić information content (AvgIpc) is 2.88. The van der Waals surface area contributed by atoms with Crippen molar-refractivity contribution in [1.82, 2.24) is 4.57 Å². The van der Waals surface area contributed by atoms with Crippen LogP contribution in [-0.4, -0.2) is 15.6 Å². The molecule has 3 nitrogen and oxygen atoms in total. The Bertz CT molecular complexity index is 911. The predicted molar refractivity (Wildman–Crippen MR) is 98.2 cm³/mol. The Morgan fingerprint density at radius 3 is 2.50 bits per heavy atom. The van der Waals surface area contributed by atoms with Crippen LogP contribution in [0.4, 0.5) is 0 Å². The lowest BCUT2D eigenvalue weighted by atomic mass is 10.1. The van der Waals surface area contributed by atoms with E-state index in [4.69, 9.17) is 11.6 Å². The number of hydrogen-bond donors (Lipinski definition) is 1. The molecule has 0 unspecified atom stereocenters. The topological polar surface area (TPSA) is 42.2 Å². The number of halogens is 1. The van der Waals surface area contributed by atoms with Gasteiger partial charge in [-0.15, -0.1) is 0 Å². The van der Waals surface area contributed by atoms with E-state index in [0.717, 1.165) is 34.3 Å². The van der Waals surface area contributed by atoms with Gasteiger partial charge in [0, 0.05) is 28.2 Å². The molecule has 0 saturated carbocycles. The van der Waals surface area contributed by atoms with Gasteiger partial charge in [0.05, 0.1) is 5.56 Å². The predicted octanol–water partition coefficient (Wildman–Crippen LogP) is 5.17. The number of carboxylic acids is 1. The van der Waals surface area contributed by atoms with Crippen LogP contribution >= 0.6 is 11.6 Å². The fourth-order valence-electron chi connectivity index (χ4n) is 3.38. The van der Waals surface area contributed by atoms with E-state index in [2.05, 4.69) is 18.4 Å². The van der Waals surface area contributed by atoms with Crippen molar-refractivity contribution < 1.29 is 9.90 Å². The molecule has 24 heavy (non-hydrogen) atoms. The van der Waals surface area contributed by atoms with Crippen LogP contribution in [0.5, 0.6) is 0 Å². The summed E-state index contributed by atoms with van der Waals surface area (Å²) in [6.45, 7) is 4.91. The number of nitrogens with zero attached hydrogens (tertiary/aromatic N) is 1. The van der Waals surface area contributed by atoms with E-state index in [1.807, 2.05) is 30.3 Å². The van der Waals surface area contributed by atoms with Crippen LogP contribution < -0.4 is 0 Å². The molecule has 3 rings (SSSR count). The van der Waals surface area contributed by atoms with Gasteiger partial charge in [0.2, 0.25) is 0 Å². The summed E-state index contributed by atoms with van der Waals surface area (Å²) in [4.78, 5) is 11.4. The minimum absolute atomic E-state index is 0.311. The second kappa shape index (κ2) is 6.70. The Labute approximate surface area is 146 Å². The van der Waals surface area contributed by atoms with Gasteiger partial charge in [-0.1, -0.05) is 49.7 Å². The van der Waals surface area contributed by atoms with Gasteiger partial charge >= 0.3 is 5.97 Å². The van der Waals surface area contributed by atoms with E-state index in [0.29, 0.717) is 12.1 Å². The highest BCUT2D eigenvalue weighted by atomic mass is 35.5. The van der Waals surface area contributed by atoms with Gasteiger partial charge in [0.15, 0.2) is 0 Å². The van der Waals surface area contributed by atoms with E-state index in [1.54, 1.807) is 12.1 Å². The third-order valence-electron chi connectivity index (χ3n) is 4.51. The van der Waals surface area contributed by atoms with Gasteiger partial charge in [-0.05, 0) is 42.2 Å². The fourth-order valence-corrected chi connectivity index (χ4v) is 3.58. The molecule has 2 aromatic carbocycles. The molecule has 0 fully saturated rings. The lowest BCUT2D eigenvalue weighted by Gasteiger charge is -2.12. The molecule has 1 N–H and O–H groups in total. The van der Waals surface area contributed by atoms with Crippen LogP contribution in [0.25, 0.3) is 10.9 Å². The molecule has 1 aromatic heterocycles. The summed E-state index contributed by atoms with van der Waals surface area (Å²) in [5.74, 6) is -0.904. The highest BCUT2D eigenvalue weighted by Crippen LogP contribution is 2.30. The number of fused-ring (bicyclic) bond motifs is 1. The summed E-state index contributed by atoms with van der Waals surface area (Å²) < 4.78 is 2.21. The molecule has 0 saturated heterocycles. The first kappa shape index (κ1) is 16.6. The van der Waals surface area contributed by atoms with Gasteiger partial charge in [-0.3, -0.25) is 0 Å². The Morgan fingerprint density at radius 1 is 1.12 bits per heavy atom. The van der Waals surface area contributed by atoms with E-state index in [-0.39, 0.29) is 0 Å². The first-order valence-electron chi connectivity index (χ1n) is 8.17. The van der Waals surface area contributed by atoms with Gasteiger partial charge in [-0.25, -0.2) is 4.79 Å². The maximum Gasteiger partial charge on any atom is 0.335 e. The fraction of sp³-hybridized carbons (Fsp3) is 0.250. The lowest BCUT2D eigenvalue weighted by molar-refractivity contribution is 0.0697. The largest absolute Gasteiger partial charge is 0.478 e. The van der Waals surface area contributed by atoms with Crippen molar-refractivity contribution in [2.75, 3.05) is 0 Å². The number of carbonyl (C=O) groups is 1. The first-order valence-corrected chi connectivity index (χ1v) is 8.55. The molecule has 0 atom stereocenters. The van der Waals surface area contributed by atoms with Crippen LogP contribution in [-0.2, 0) is 19.4 Å². The molecule has 0 aliphatic carbocycles. The van der Waals surface area contributed by atoms with Gasteiger partial charge < -0.3 is 9.67 Å². The lowest BCUT2D eigenvalue weighted by Crippen LogP contribution is -2.06. The van der Waals surface area contributed by atoms with Gasteiger partial charge in [0.25, 0.3) is 0 Å². The molecule has 0 bridgehead atoms. The van der Waals surface area contributed by atoms with Crippen molar-refractivity contribution >= 4 is 28.5 Å². The molecule has 1 heterocycles. The standard InChI is InChI=1S/C20H20ClNO2/c1-3-15-16-10-9-13(20(23)24)11-19(16)22(18(15)4-2)12-14-7-5-6-8-17(14)21/h5-11H,3-4,12H2,1-2H3,(H,23,24). The zero-order chi connectivity index (χ0) is 17.3. The monoisotopic (exact) mass is 341 g/mol. The van der Waals surface area contributed by atoms with Crippen molar-refractivity contribution in [3.63, 3.8) is 0 Å². The molecule has 0 spiro atoms. The molecule has 0 amide bonds. The molecular weight excluding hydrogens is 322 g/mol. The SMILES string of the molecule is CCc1c(CC)n(Cc2ccccc2Cl)c2cc(C(=O)O)ccc12. The number of aryl methyl sites for hydroxylation is 1. The summed E-state index contributed by atoms with van der Waals surface area (Å²) in [5, 5.41) is 11.2. The Hall–Kier alpha value is -2.26. The van der Waals surface area contributed by atoms with Crippen molar-refractivity contribution in [2.24, 2.45) is 0 Å². The zero-order valence-corrected chi connectivity index (χ0v) is 14.6. The number of carboxylic acid groups (broad SMARTS) is 1. The van der Waals surface area contributed by atoms with Crippen molar-refractivity contribution in [1.29, 1.82) is 0 Å². The molecule has 124 valence electrons. The molecule has 0 radical (unpaired) electrons. The van der Waals surface area contributed by atoms with E-state index >= 15 is 0 Å². The molecule has 4 heteroatoms. The summed E-state index contributed by atoms with van der Waals surface area (Å²) in [6.07, 6.45) is 1.81. The Balaban J connectivity index is 2.25. The quantitative estimate of drug-likeness (QED) is 0.696. The second-order valence-electron chi connectivity index (χ2n) is 5.85. The third kappa shape index (κ3) is 2.80. The number of aromatic nitrogens is 1. The number of aromatic carboxylic acids is 1. The average molecular weight is 342 g/mol. The smallest absolute Gasteiger partial charge is 0.335 e. The van der Waals surface area contributed by atoms with Crippen LogP contribution in [0.3, 0.4) is 0 Å². The number of benzene rings is 2. The number of hydrogen-bond acceptors (Lipinski definition) is 1. The van der Waals surface area contributed by atoms with Crippen molar-refractivity contribution in [3.8, 4) is 0 Å². The van der Waals surface area contributed by atoms with Crippen molar-refractivity contribution in [2.45, 2.75) is 33.2 Å². The van der Waals surface area contributed by atoms with Crippen LogP contribution in [0.15, 0.2) is 42.5 Å². The van der Waals surface area contributed by atoms with E-state index in [1.165, 1.54) is 11.3 Å². The minimum Gasteiger partial charge on any atom is -0.478 e. The van der Waals surface area contributed by atoms with Crippen LogP contribution in [0.1, 0.15) is 41.0 Å². The van der Waals surface area contributed by atoms with Crippen molar-refractivity contribution in [3.05, 3.63) is 69.9 Å². The summed E-state index contributed by atoms with van der Waals surface area (Å²) in [5.41, 5.74) is 4.84. The number of rotatable bonds is 5. The molecule has 0 aliphatic heterocycles.